The Labute approximate surface area is 107 Å². The Hall–Kier alpha value is -1.12. The molecule has 2 aromatic rings. The lowest BCUT2D eigenvalue weighted by Crippen LogP contribution is -2.02. The van der Waals surface area contributed by atoms with E-state index in [2.05, 4.69) is 49.6 Å². The van der Waals surface area contributed by atoms with Crippen molar-refractivity contribution in [2.75, 3.05) is 0 Å². The van der Waals surface area contributed by atoms with Crippen LogP contribution in [-0.2, 0) is 0 Å². The molecule has 0 fully saturated rings. The molecular formula is C15H19NS. The molecule has 90 valence electrons. The van der Waals surface area contributed by atoms with Gasteiger partial charge in [0.2, 0.25) is 0 Å². The van der Waals surface area contributed by atoms with E-state index in [0.717, 1.165) is 0 Å². The van der Waals surface area contributed by atoms with Crippen LogP contribution in [0.15, 0.2) is 35.7 Å². The molecule has 1 heterocycles. The minimum Gasteiger partial charge on any atom is -0.324 e. The molecular weight excluding hydrogens is 226 g/mol. The van der Waals surface area contributed by atoms with Gasteiger partial charge in [-0.05, 0) is 41.0 Å². The van der Waals surface area contributed by atoms with Crippen LogP contribution in [0.1, 0.15) is 43.9 Å². The summed E-state index contributed by atoms with van der Waals surface area (Å²) in [5, 5.41) is 2.15. The Morgan fingerprint density at radius 2 is 1.65 bits per heavy atom. The topological polar surface area (TPSA) is 26.0 Å². The van der Waals surface area contributed by atoms with Crippen molar-refractivity contribution in [3.8, 4) is 10.4 Å². The summed E-state index contributed by atoms with van der Waals surface area (Å²) in [4.78, 5) is 1.30. The van der Waals surface area contributed by atoms with E-state index >= 15 is 0 Å². The highest BCUT2D eigenvalue weighted by Crippen LogP contribution is 2.30. The first-order valence-corrected chi connectivity index (χ1v) is 6.90. The number of hydrogen-bond donors (Lipinski definition) is 1. The molecule has 0 saturated carbocycles. The van der Waals surface area contributed by atoms with Crippen LogP contribution in [0.25, 0.3) is 10.4 Å². The van der Waals surface area contributed by atoms with Gasteiger partial charge in [-0.15, -0.1) is 11.3 Å². The zero-order chi connectivity index (χ0) is 12.4. The predicted octanol–water partition coefficient (Wildman–Crippen LogP) is 4.56. The van der Waals surface area contributed by atoms with Gasteiger partial charge in [0.1, 0.15) is 0 Å². The first-order chi connectivity index (χ1) is 8.08. The molecule has 0 amide bonds. The molecule has 2 heteroatoms. The van der Waals surface area contributed by atoms with E-state index in [4.69, 9.17) is 5.73 Å². The van der Waals surface area contributed by atoms with Crippen molar-refractivity contribution in [2.45, 2.75) is 32.7 Å². The molecule has 2 rings (SSSR count). The fourth-order valence-corrected chi connectivity index (χ4v) is 2.80. The second-order valence-corrected chi connectivity index (χ2v) is 5.72. The fourth-order valence-electron chi connectivity index (χ4n) is 1.77. The Balaban J connectivity index is 2.27. The van der Waals surface area contributed by atoms with Crippen molar-refractivity contribution in [3.05, 3.63) is 46.8 Å². The molecule has 1 aromatic carbocycles. The SMILES string of the molecule is CC(C)c1ccc(-c2cc(C(C)N)cs2)cc1. The third-order valence-corrected chi connectivity index (χ3v) is 4.00. The van der Waals surface area contributed by atoms with Crippen molar-refractivity contribution in [1.82, 2.24) is 0 Å². The third kappa shape index (κ3) is 2.76. The summed E-state index contributed by atoms with van der Waals surface area (Å²) in [7, 11) is 0. The maximum Gasteiger partial charge on any atom is 0.0346 e. The van der Waals surface area contributed by atoms with Gasteiger partial charge in [-0.25, -0.2) is 0 Å². The van der Waals surface area contributed by atoms with Crippen LogP contribution < -0.4 is 5.73 Å². The molecule has 0 bridgehead atoms. The minimum atomic E-state index is 0.120. The average Bonchev–Trinajstić information content (AvgIpc) is 2.78. The molecule has 0 aliphatic rings. The van der Waals surface area contributed by atoms with Gasteiger partial charge in [-0.2, -0.15) is 0 Å². The van der Waals surface area contributed by atoms with Crippen molar-refractivity contribution >= 4 is 11.3 Å². The van der Waals surface area contributed by atoms with Crippen LogP contribution in [0.3, 0.4) is 0 Å². The number of nitrogens with two attached hydrogens (primary N) is 1. The highest BCUT2D eigenvalue weighted by molar-refractivity contribution is 7.13. The number of benzene rings is 1. The third-order valence-electron chi connectivity index (χ3n) is 3.01. The Morgan fingerprint density at radius 3 is 2.12 bits per heavy atom. The van der Waals surface area contributed by atoms with Crippen molar-refractivity contribution < 1.29 is 0 Å². The first kappa shape index (κ1) is 12.3. The van der Waals surface area contributed by atoms with Gasteiger partial charge < -0.3 is 5.73 Å². The maximum atomic E-state index is 5.88. The van der Waals surface area contributed by atoms with Crippen LogP contribution in [0.2, 0.25) is 0 Å². The van der Waals surface area contributed by atoms with E-state index in [1.165, 1.54) is 21.6 Å². The molecule has 1 aromatic heterocycles. The van der Waals surface area contributed by atoms with E-state index in [1.54, 1.807) is 11.3 Å². The highest BCUT2D eigenvalue weighted by Gasteiger charge is 2.06. The molecule has 1 unspecified atom stereocenters. The summed E-state index contributed by atoms with van der Waals surface area (Å²) >= 11 is 1.77. The summed E-state index contributed by atoms with van der Waals surface area (Å²) in [6, 6.07) is 11.1. The van der Waals surface area contributed by atoms with E-state index in [-0.39, 0.29) is 6.04 Å². The van der Waals surface area contributed by atoms with Gasteiger partial charge in [0, 0.05) is 10.9 Å². The lowest BCUT2D eigenvalue weighted by Gasteiger charge is -2.05. The van der Waals surface area contributed by atoms with E-state index < -0.39 is 0 Å². The van der Waals surface area contributed by atoms with E-state index in [9.17, 15) is 0 Å². The summed E-state index contributed by atoms with van der Waals surface area (Å²) < 4.78 is 0. The molecule has 1 nitrogen and oxygen atoms in total. The van der Waals surface area contributed by atoms with Crippen LogP contribution in [0.5, 0.6) is 0 Å². The molecule has 17 heavy (non-hydrogen) atoms. The van der Waals surface area contributed by atoms with E-state index in [0.29, 0.717) is 5.92 Å². The summed E-state index contributed by atoms with van der Waals surface area (Å²) in [6.45, 7) is 6.45. The zero-order valence-electron chi connectivity index (χ0n) is 10.6. The van der Waals surface area contributed by atoms with Gasteiger partial charge in [0.05, 0.1) is 0 Å². The lowest BCUT2D eigenvalue weighted by atomic mass is 10.0. The average molecular weight is 245 g/mol. The number of hydrogen-bond acceptors (Lipinski definition) is 2. The molecule has 2 N–H and O–H groups in total. The van der Waals surface area contributed by atoms with Gasteiger partial charge >= 0.3 is 0 Å². The van der Waals surface area contributed by atoms with E-state index in [1.807, 2.05) is 6.92 Å². The second-order valence-electron chi connectivity index (χ2n) is 4.81. The Morgan fingerprint density at radius 1 is 1.00 bits per heavy atom. The smallest absolute Gasteiger partial charge is 0.0346 e. The first-order valence-electron chi connectivity index (χ1n) is 6.02. The van der Waals surface area contributed by atoms with Gasteiger partial charge in [-0.1, -0.05) is 38.1 Å². The second kappa shape index (κ2) is 5.03. The highest BCUT2D eigenvalue weighted by atomic mass is 32.1. The monoisotopic (exact) mass is 245 g/mol. The van der Waals surface area contributed by atoms with Gasteiger partial charge in [0.25, 0.3) is 0 Å². The van der Waals surface area contributed by atoms with Crippen molar-refractivity contribution in [1.29, 1.82) is 0 Å². The molecule has 0 radical (unpaired) electrons. The van der Waals surface area contributed by atoms with Crippen LogP contribution >= 0.6 is 11.3 Å². The van der Waals surface area contributed by atoms with Crippen molar-refractivity contribution in [2.24, 2.45) is 5.73 Å². The zero-order valence-corrected chi connectivity index (χ0v) is 11.4. The summed E-state index contributed by atoms with van der Waals surface area (Å²) in [5.41, 5.74) is 9.77. The number of thiophene rings is 1. The molecule has 0 aliphatic heterocycles. The van der Waals surface area contributed by atoms with Crippen LogP contribution in [-0.4, -0.2) is 0 Å². The molecule has 0 aliphatic carbocycles. The summed E-state index contributed by atoms with van der Waals surface area (Å²) in [5.74, 6) is 0.590. The van der Waals surface area contributed by atoms with Crippen LogP contribution in [0, 0.1) is 0 Å². The molecule has 0 saturated heterocycles. The molecule has 0 spiro atoms. The molecule has 1 atom stereocenters. The Kier molecular flexibility index (Phi) is 3.65. The van der Waals surface area contributed by atoms with Gasteiger partial charge in [-0.3, -0.25) is 0 Å². The summed E-state index contributed by atoms with van der Waals surface area (Å²) in [6.07, 6.45) is 0. The normalized spacial score (nSPS) is 13.0. The van der Waals surface area contributed by atoms with Gasteiger partial charge in [0.15, 0.2) is 0 Å². The van der Waals surface area contributed by atoms with Crippen molar-refractivity contribution in [3.63, 3.8) is 0 Å². The largest absolute Gasteiger partial charge is 0.324 e. The quantitative estimate of drug-likeness (QED) is 0.843. The minimum absolute atomic E-state index is 0.120. The standard InChI is InChI=1S/C15H19NS/c1-10(2)12-4-6-13(7-5-12)15-8-14(9-17-15)11(3)16/h4-11H,16H2,1-3H3. The predicted molar refractivity (Wildman–Crippen MR) is 76.4 cm³/mol. The fraction of sp³-hybridized carbons (Fsp3) is 0.333. The Bertz CT molecular complexity index is 480. The maximum absolute atomic E-state index is 5.88. The number of rotatable bonds is 3. The van der Waals surface area contributed by atoms with Crippen LogP contribution in [0.4, 0.5) is 0 Å². The lowest BCUT2D eigenvalue weighted by molar-refractivity contribution is 0.823.